The third-order valence-electron chi connectivity index (χ3n) is 6.19. The van der Waals surface area contributed by atoms with Gasteiger partial charge in [0.2, 0.25) is 0 Å². The lowest BCUT2D eigenvalue weighted by Gasteiger charge is -2.36. The Hall–Kier alpha value is -2.37. The molecule has 1 aliphatic heterocycles. The average molecular weight is 401 g/mol. The maximum absolute atomic E-state index is 13.0. The summed E-state index contributed by atoms with van der Waals surface area (Å²) in [5, 5.41) is 5.25. The highest BCUT2D eigenvalue weighted by Crippen LogP contribution is 2.35. The fraction of sp³-hybridized carbons (Fsp3) is 0.609. The van der Waals surface area contributed by atoms with E-state index in [9.17, 15) is 9.59 Å². The molecule has 1 aromatic rings. The zero-order valence-electron chi connectivity index (χ0n) is 17.8. The molecular weight excluding hydrogens is 368 g/mol. The molecule has 5 atom stereocenters. The van der Waals surface area contributed by atoms with Crippen molar-refractivity contribution in [3.05, 3.63) is 35.9 Å². The summed E-state index contributed by atoms with van der Waals surface area (Å²) in [6.07, 6.45) is 3.97. The van der Waals surface area contributed by atoms with Crippen molar-refractivity contribution >= 4 is 18.3 Å². The first kappa shape index (κ1) is 21.3. The second-order valence-electron chi connectivity index (χ2n) is 8.72. The summed E-state index contributed by atoms with van der Waals surface area (Å²) in [4.78, 5) is 25.5. The minimum absolute atomic E-state index is 0.112. The lowest BCUT2D eigenvalue weighted by atomic mass is 9.76. The van der Waals surface area contributed by atoms with Crippen LogP contribution in [-0.2, 0) is 20.9 Å². The Bertz CT molecular complexity index is 734. The zero-order chi connectivity index (χ0) is 21.0. The molecule has 0 unspecified atom stereocenters. The highest BCUT2D eigenvalue weighted by atomic mass is 16.6. The summed E-state index contributed by atoms with van der Waals surface area (Å²) >= 11 is 0. The van der Waals surface area contributed by atoms with Gasteiger partial charge in [-0.3, -0.25) is 0 Å². The van der Waals surface area contributed by atoms with Gasteiger partial charge in [0.05, 0.1) is 0 Å². The van der Waals surface area contributed by atoms with Crippen LogP contribution in [0.4, 0.5) is 4.79 Å². The Labute approximate surface area is 173 Å². The maximum Gasteiger partial charge on any atom is 0.431 e. The van der Waals surface area contributed by atoms with Crippen molar-refractivity contribution in [2.45, 2.75) is 65.7 Å². The first-order valence-corrected chi connectivity index (χ1v) is 10.6. The van der Waals surface area contributed by atoms with Gasteiger partial charge in [0.15, 0.2) is 6.04 Å². The van der Waals surface area contributed by atoms with E-state index in [0.29, 0.717) is 17.8 Å². The van der Waals surface area contributed by atoms with E-state index in [-0.39, 0.29) is 18.6 Å². The molecule has 29 heavy (non-hydrogen) atoms. The number of hydrazone groups is 1. The molecule has 0 radical (unpaired) electrons. The maximum atomic E-state index is 13.0. The van der Waals surface area contributed by atoms with Crippen molar-refractivity contribution in [1.29, 1.82) is 0 Å². The Balaban J connectivity index is 1.61. The van der Waals surface area contributed by atoms with E-state index in [1.807, 2.05) is 37.3 Å². The molecule has 6 nitrogen and oxygen atoms in total. The van der Waals surface area contributed by atoms with E-state index >= 15 is 0 Å². The summed E-state index contributed by atoms with van der Waals surface area (Å²) in [5.74, 6) is 0.847. The van der Waals surface area contributed by atoms with Gasteiger partial charge in [-0.1, -0.05) is 58.0 Å². The normalized spacial score (nSPS) is 29.1. The molecule has 0 N–H and O–H groups in total. The molecule has 1 heterocycles. The molecule has 0 bridgehead atoms. The van der Waals surface area contributed by atoms with Crippen LogP contribution >= 0.6 is 0 Å². The monoisotopic (exact) mass is 400 g/mol. The smallest absolute Gasteiger partial charge is 0.431 e. The third-order valence-corrected chi connectivity index (χ3v) is 6.19. The minimum Gasteiger partial charge on any atom is -0.460 e. The number of hydrogen-bond acceptors (Lipinski definition) is 5. The van der Waals surface area contributed by atoms with Crippen molar-refractivity contribution < 1.29 is 19.1 Å². The number of rotatable bonds is 5. The lowest BCUT2D eigenvalue weighted by molar-refractivity contribution is -0.161. The van der Waals surface area contributed by atoms with Crippen LogP contribution in [0.25, 0.3) is 0 Å². The van der Waals surface area contributed by atoms with Gasteiger partial charge in [0.1, 0.15) is 12.7 Å². The van der Waals surface area contributed by atoms with Crippen molar-refractivity contribution in [2.75, 3.05) is 0 Å². The van der Waals surface area contributed by atoms with Gasteiger partial charge in [0, 0.05) is 12.1 Å². The van der Waals surface area contributed by atoms with E-state index < -0.39 is 18.1 Å². The number of hydrogen-bond donors (Lipinski definition) is 0. The number of benzene rings is 1. The standard InChI is InChI=1S/C23H32N2O4/c1-15(2)19-11-10-16(3)20(12-19)29-22(26)21-17(4)13-24-25(21)23(27)28-14-18-8-6-5-7-9-18/h5-9,13,15-17,19-21H,10-12,14H2,1-4H3/t16-,17+,19-,20+,21+/m1/s1. The van der Waals surface area contributed by atoms with Gasteiger partial charge in [-0.2, -0.15) is 10.1 Å². The van der Waals surface area contributed by atoms with Crippen LogP contribution < -0.4 is 0 Å². The van der Waals surface area contributed by atoms with Gasteiger partial charge < -0.3 is 9.47 Å². The predicted molar refractivity (Wildman–Crippen MR) is 111 cm³/mol. The topological polar surface area (TPSA) is 68.2 Å². The molecule has 1 amide bonds. The first-order chi connectivity index (χ1) is 13.9. The number of esters is 1. The fourth-order valence-electron chi connectivity index (χ4n) is 4.11. The highest BCUT2D eigenvalue weighted by molar-refractivity contribution is 5.88. The highest BCUT2D eigenvalue weighted by Gasteiger charge is 2.42. The summed E-state index contributed by atoms with van der Waals surface area (Å²) in [6.45, 7) is 8.57. The van der Waals surface area contributed by atoms with E-state index in [0.717, 1.165) is 23.4 Å². The fourth-order valence-corrected chi connectivity index (χ4v) is 4.11. The molecule has 2 aliphatic rings. The molecule has 1 aromatic carbocycles. The van der Waals surface area contributed by atoms with E-state index in [1.54, 1.807) is 6.21 Å². The quantitative estimate of drug-likeness (QED) is 0.676. The van der Waals surface area contributed by atoms with Crippen molar-refractivity contribution in [2.24, 2.45) is 28.8 Å². The van der Waals surface area contributed by atoms with Crippen molar-refractivity contribution in [1.82, 2.24) is 5.01 Å². The molecule has 6 heteroatoms. The van der Waals surface area contributed by atoms with Crippen molar-refractivity contribution in [3.8, 4) is 0 Å². The molecule has 0 saturated heterocycles. The molecule has 158 valence electrons. The van der Waals surface area contributed by atoms with Crippen LogP contribution in [0.5, 0.6) is 0 Å². The van der Waals surface area contributed by atoms with Gasteiger partial charge in [-0.05, 0) is 42.6 Å². The van der Waals surface area contributed by atoms with Crippen LogP contribution in [0.1, 0.15) is 52.5 Å². The molecule has 1 fully saturated rings. The predicted octanol–water partition coefficient (Wildman–Crippen LogP) is 4.63. The number of amides is 1. The lowest BCUT2D eigenvalue weighted by Crippen LogP contribution is -2.45. The molecular formula is C23H32N2O4. The van der Waals surface area contributed by atoms with E-state index in [1.165, 1.54) is 6.42 Å². The zero-order valence-corrected chi connectivity index (χ0v) is 17.8. The largest absolute Gasteiger partial charge is 0.460 e. The summed E-state index contributed by atoms with van der Waals surface area (Å²) in [5.41, 5.74) is 0.881. The molecule has 0 aromatic heterocycles. The Morgan fingerprint density at radius 3 is 2.59 bits per heavy atom. The van der Waals surface area contributed by atoms with Crippen LogP contribution in [0.3, 0.4) is 0 Å². The summed E-state index contributed by atoms with van der Waals surface area (Å²) in [6, 6.07) is 8.66. The Morgan fingerprint density at radius 1 is 1.17 bits per heavy atom. The number of ether oxygens (including phenoxy) is 2. The molecule has 0 spiro atoms. The van der Waals surface area contributed by atoms with Crippen molar-refractivity contribution in [3.63, 3.8) is 0 Å². The van der Waals surface area contributed by atoms with Crippen LogP contribution in [-0.4, -0.2) is 35.4 Å². The molecule has 3 rings (SSSR count). The molecule has 1 saturated carbocycles. The van der Waals surface area contributed by atoms with Gasteiger partial charge >= 0.3 is 12.1 Å². The summed E-state index contributed by atoms with van der Waals surface area (Å²) < 4.78 is 11.3. The van der Waals surface area contributed by atoms with Crippen LogP contribution in [0.2, 0.25) is 0 Å². The summed E-state index contributed by atoms with van der Waals surface area (Å²) in [7, 11) is 0. The average Bonchev–Trinajstić information content (AvgIpc) is 3.10. The minimum atomic E-state index is -0.773. The van der Waals surface area contributed by atoms with Gasteiger partial charge in [-0.15, -0.1) is 0 Å². The second-order valence-corrected chi connectivity index (χ2v) is 8.72. The number of nitrogens with zero attached hydrogens (tertiary/aromatic N) is 2. The second kappa shape index (κ2) is 9.42. The Kier molecular flexibility index (Phi) is 6.93. The van der Waals surface area contributed by atoms with Gasteiger partial charge in [0.25, 0.3) is 0 Å². The van der Waals surface area contributed by atoms with Crippen LogP contribution in [0, 0.1) is 23.7 Å². The number of carbonyl (C=O) groups is 2. The van der Waals surface area contributed by atoms with E-state index in [2.05, 4.69) is 25.9 Å². The number of carbonyl (C=O) groups excluding carboxylic acids is 2. The third kappa shape index (κ3) is 5.17. The van der Waals surface area contributed by atoms with Crippen LogP contribution in [0.15, 0.2) is 35.4 Å². The van der Waals surface area contributed by atoms with E-state index in [4.69, 9.17) is 9.47 Å². The Morgan fingerprint density at radius 2 is 1.90 bits per heavy atom. The first-order valence-electron chi connectivity index (χ1n) is 10.6. The molecule has 1 aliphatic carbocycles. The SMILES string of the molecule is CC(C)[C@@H]1CC[C@@H](C)[C@@H](OC(=O)[C@@H]2[C@@H](C)C=NN2C(=O)OCc2ccccc2)C1. The van der Waals surface area contributed by atoms with Gasteiger partial charge in [-0.25, -0.2) is 9.59 Å².